The zero-order valence-electron chi connectivity index (χ0n) is 16.0. The molecule has 0 amide bonds. The summed E-state index contributed by atoms with van der Waals surface area (Å²) in [6.45, 7) is 5.92. The van der Waals surface area contributed by atoms with E-state index in [0.717, 1.165) is 53.7 Å². The van der Waals surface area contributed by atoms with E-state index < -0.39 is 0 Å². The van der Waals surface area contributed by atoms with E-state index in [1.807, 2.05) is 50.5 Å². The molecule has 0 radical (unpaired) electrons. The zero-order valence-corrected chi connectivity index (χ0v) is 16.0. The van der Waals surface area contributed by atoms with Gasteiger partial charge in [0, 0.05) is 41.7 Å². The minimum Gasteiger partial charge on any atom is -0.497 e. The van der Waals surface area contributed by atoms with Gasteiger partial charge < -0.3 is 9.26 Å². The van der Waals surface area contributed by atoms with Crippen LogP contribution in [0, 0.1) is 13.8 Å². The van der Waals surface area contributed by atoms with Gasteiger partial charge in [0.1, 0.15) is 11.5 Å². The quantitative estimate of drug-likeness (QED) is 0.679. The highest BCUT2D eigenvalue weighted by Crippen LogP contribution is 2.36. The Bertz CT molecular complexity index is 883. The predicted octanol–water partition coefficient (Wildman–Crippen LogP) is 4.09. The van der Waals surface area contributed by atoms with Crippen LogP contribution in [-0.4, -0.2) is 33.7 Å². The Morgan fingerprint density at radius 2 is 1.89 bits per heavy atom. The summed E-state index contributed by atoms with van der Waals surface area (Å²) in [4.78, 5) is 11.6. The molecule has 1 atom stereocenters. The fraction of sp³-hybridized carbons (Fsp3) is 0.381. The van der Waals surface area contributed by atoms with Crippen LogP contribution in [0.5, 0.6) is 5.75 Å². The lowest BCUT2D eigenvalue weighted by molar-refractivity contribution is 0.245. The number of hydrogen-bond donors (Lipinski definition) is 0. The van der Waals surface area contributed by atoms with Crippen LogP contribution in [0.15, 0.2) is 41.2 Å². The van der Waals surface area contributed by atoms with Crippen LogP contribution < -0.4 is 4.74 Å². The second-order valence-corrected chi connectivity index (χ2v) is 7.01. The molecule has 140 valence electrons. The average Bonchev–Trinajstić information content (AvgIpc) is 3.28. The molecule has 1 aliphatic heterocycles. The van der Waals surface area contributed by atoms with Gasteiger partial charge in [-0.2, -0.15) is 0 Å². The SMILES string of the molecule is COc1ccc(-c2ncc(CN3CCCC3c3c(C)noc3C)cn2)cc1. The predicted molar refractivity (Wildman–Crippen MR) is 102 cm³/mol. The summed E-state index contributed by atoms with van der Waals surface area (Å²) >= 11 is 0. The Kier molecular flexibility index (Phi) is 4.90. The number of benzene rings is 1. The van der Waals surface area contributed by atoms with E-state index >= 15 is 0 Å². The largest absolute Gasteiger partial charge is 0.497 e. The normalized spacial score (nSPS) is 17.4. The van der Waals surface area contributed by atoms with Gasteiger partial charge in [-0.1, -0.05) is 5.16 Å². The molecule has 1 aliphatic rings. The Labute approximate surface area is 159 Å². The van der Waals surface area contributed by atoms with Crippen LogP contribution >= 0.6 is 0 Å². The van der Waals surface area contributed by atoms with Crippen LogP contribution in [0.4, 0.5) is 0 Å². The number of nitrogens with zero attached hydrogens (tertiary/aromatic N) is 4. The first-order valence-electron chi connectivity index (χ1n) is 9.28. The maximum absolute atomic E-state index is 5.38. The van der Waals surface area contributed by atoms with Crippen LogP contribution in [-0.2, 0) is 6.54 Å². The first-order chi connectivity index (χ1) is 13.2. The number of methoxy groups -OCH3 is 1. The number of likely N-dealkylation sites (tertiary alicyclic amines) is 1. The molecule has 1 unspecified atom stereocenters. The van der Waals surface area contributed by atoms with Crippen molar-refractivity contribution < 1.29 is 9.26 Å². The molecule has 2 aromatic heterocycles. The minimum absolute atomic E-state index is 0.359. The molecule has 0 bridgehead atoms. The van der Waals surface area contributed by atoms with E-state index in [9.17, 15) is 0 Å². The molecule has 27 heavy (non-hydrogen) atoms. The summed E-state index contributed by atoms with van der Waals surface area (Å²) in [5.74, 6) is 2.48. The molecule has 1 aromatic carbocycles. The van der Waals surface area contributed by atoms with Crippen molar-refractivity contribution in [2.75, 3.05) is 13.7 Å². The highest BCUT2D eigenvalue weighted by molar-refractivity contribution is 5.55. The third-order valence-corrected chi connectivity index (χ3v) is 5.22. The maximum Gasteiger partial charge on any atom is 0.159 e. The van der Waals surface area contributed by atoms with E-state index in [4.69, 9.17) is 9.26 Å². The van der Waals surface area contributed by atoms with Gasteiger partial charge in [-0.3, -0.25) is 4.90 Å². The highest BCUT2D eigenvalue weighted by atomic mass is 16.5. The molecule has 0 saturated carbocycles. The van der Waals surface area contributed by atoms with Gasteiger partial charge in [-0.05, 0) is 57.5 Å². The average molecular weight is 364 g/mol. The number of ether oxygens (including phenoxy) is 1. The number of rotatable bonds is 5. The van der Waals surface area contributed by atoms with Crippen molar-refractivity contribution >= 4 is 0 Å². The molecule has 4 rings (SSSR count). The van der Waals surface area contributed by atoms with E-state index in [1.165, 1.54) is 12.0 Å². The number of hydrogen-bond acceptors (Lipinski definition) is 6. The minimum atomic E-state index is 0.359. The molecule has 1 saturated heterocycles. The Hall–Kier alpha value is -2.73. The summed E-state index contributed by atoms with van der Waals surface area (Å²) in [6.07, 6.45) is 6.16. The third kappa shape index (κ3) is 3.57. The monoisotopic (exact) mass is 364 g/mol. The van der Waals surface area contributed by atoms with Crippen molar-refractivity contribution in [3.8, 4) is 17.1 Å². The van der Waals surface area contributed by atoms with Gasteiger partial charge in [-0.15, -0.1) is 0 Å². The van der Waals surface area contributed by atoms with E-state index in [2.05, 4.69) is 20.0 Å². The summed E-state index contributed by atoms with van der Waals surface area (Å²) < 4.78 is 10.6. The molecular weight excluding hydrogens is 340 g/mol. The number of aryl methyl sites for hydroxylation is 2. The van der Waals surface area contributed by atoms with Crippen LogP contribution in [0.1, 0.15) is 41.5 Å². The van der Waals surface area contributed by atoms with E-state index in [-0.39, 0.29) is 0 Å². The molecular formula is C21H24N4O2. The van der Waals surface area contributed by atoms with Crippen molar-refractivity contribution in [2.24, 2.45) is 0 Å². The van der Waals surface area contributed by atoms with Crippen molar-refractivity contribution in [1.82, 2.24) is 20.0 Å². The fourth-order valence-electron chi connectivity index (χ4n) is 3.87. The molecule has 6 heteroatoms. The molecule has 0 spiro atoms. The van der Waals surface area contributed by atoms with Gasteiger partial charge in [0.25, 0.3) is 0 Å². The van der Waals surface area contributed by atoms with Crippen LogP contribution in [0.2, 0.25) is 0 Å². The van der Waals surface area contributed by atoms with Gasteiger partial charge in [0.15, 0.2) is 5.82 Å². The Morgan fingerprint density at radius 3 is 2.52 bits per heavy atom. The third-order valence-electron chi connectivity index (χ3n) is 5.22. The molecule has 1 fully saturated rings. The Morgan fingerprint density at radius 1 is 1.15 bits per heavy atom. The molecule has 0 aliphatic carbocycles. The van der Waals surface area contributed by atoms with Crippen LogP contribution in [0.25, 0.3) is 11.4 Å². The summed E-state index contributed by atoms with van der Waals surface area (Å²) in [6, 6.07) is 8.15. The lowest BCUT2D eigenvalue weighted by atomic mass is 10.0. The van der Waals surface area contributed by atoms with Gasteiger partial charge >= 0.3 is 0 Å². The molecule has 0 N–H and O–H groups in total. The summed E-state index contributed by atoms with van der Waals surface area (Å²) in [7, 11) is 1.66. The maximum atomic E-state index is 5.38. The fourth-order valence-corrected chi connectivity index (χ4v) is 3.87. The van der Waals surface area contributed by atoms with Gasteiger partial charge in [-0.25, -0.2) is 9.97 Å². The van der Waals surface area contributed by atoms with E-state index in [0.29, 0.717) is 6.04 Å². The van der Waals surface area contributed by atoms with Crippen LogP contribution in [0.3, 0.4) is 0 Å². The standard InChI is InChI=1S/C21H24N4O2/c1-14-20(15(2)27-24-14)19-5-4-10-25(19)13-16-11-22-21(23-12-16)17-6-8-18(26-3)9-7-17/h6-9,11-12,19H,4-5,10,13H2,1-3H3. The zero-order chi connectivity index (χ0) is 18.8. The lowest BCUT2D eigenvalue weighted by Gasteiger charge is -2.24. The number of aromatic nitrogens is 3. The molecule has 3 heterocycles. The highest BCUT2D eigenvalue weighted by Gasteiger charge is 2.30. The summed E-state index contributed by atoms with van der Waals surface area (Å²) in [5, 5.41) is 4.12. The van der Waals surface area contributed by atoms with Gasteiger partial charge in [0.05, 0.1) is 12.8 Å². The van der Waals surface area contributed by atoms with Crippen molar-refractivity contribution in [3.05, 3.63) is 59.2 Å². The first-order valence-corrected chi connectivity index (χ1v) is 9.28. The Balaban J connectivity index is 1.49. The summed E-state index contributed by atoms with van der Waals surface area (Å²) in [5.41, 5.74) is 4.34. The molecule has 6 nitrogen and oxygen atoms in total. The van der Waals surface area contributed by atoms with Crippen molar-refractivity contribution in [1.29, 1.82) is 0 Å². The second kappa shape index (κ2) is 7.48. The van der Waals surface area contributed by atoms with E-state index in [1.54, 1.807) is 7.11 Å². The first kappa shape index (κ1) is 17.7. The lowest BCUT2D eigenvalue weighted by Crippen LogP contribution is -2.23. The molecule has 3 aromatic rings. The van der Waals surface area contributed by atoms with Crippen molar-refractivity contribution in [3.63, 3.8) is 0 Å². The van der Waals surface area contributed by atoms with Crippen molar-refractivity contribution in [2.45, 2.75) is 39.3 Å². The van der Waals surface area contributed by atoms with Gasteiger partial charge in [0.2, 0.25) is 0 Å². The topological polar surface area (TPSA) is 64.3 Å². The smallest absolute Gasteiger partial charge is 0.159 e. The second-order valence-electron chi connectivity index (χ2n) is 7.01.